The number of amides is 1. The van der Waals surface area contributed by atoms with Gasteiger partial charge in [-0.2, -0.15) is 0 Å². The molecule has 3 nitrogen and oxygen atoms in total. The number of rotatable bonds is 3. The van der Waals surface area contributed by atoms with Crippen LogP contribution < -0.4 is 0 Å². The molecule has 92 valence electrons. The minimum Gasteiger partial charge on any atom is -0.342 e. The highest BCUT2D eigenvalue weighted by molar-refractivity contribution is 7.85. The standard InChI is InChI=1S/C12H14FNO2S/c13-10-5-1-2-6-11(10)17(16)9-12(15)14-7-3-4-8-14/h1-2,5-6H,3-4,7-9H2. The third-order valence-electron chi connectivity index (χ3n) is 2.80. The van der Waals surface area contributed by atoms with Crippen LogP contribution in [0.15, 0.2) is 29.2 Å². The number of hydrogen-bond acceptors (Lipinski definition) is 2. The molecular weight excluding hydrogens is 241 g/mol. The van der Waals surface area contributed by atoms with E-state index in [1.165, 1.54) is 12.1 Å². The third kappa shape index (κ3) is 2.91. The van der Waals surface area contributed by atoms with E-state index in [-0.39, 0.29) is 16.6 Å². The molecule has 1 aromatic rings. The maximum absolute atomic E-state index is 13.3. The van der Waals surface area contributed by atoms with Gasteiger partial charge in [-0.1, -0.05) is 12.1 Å². The van der Waals surface area contributed by atoms with Crippen LogP contribution in [0.4, 0.5) is 4.39 Å². The lowest BCUT2D eigenvalue weighted by Gasteiger charge is -2.14. The van der Waals surface area contributed by atoms with Gasteiger partial charge in [0.2, 0.25) is 5.91 Å². The average molecular weight is 255 g/mol. The second-order valence-electron chi connectivity index (χ2n) is 4.01. The highest BCUT2D eigenvalue weighted by atomic mass is 32.2. The van der Waals surface area contributed by atoms with Gasteiger partial charge in [0.1, 0.15) is 11.6 Å². The number of benzene rings is 1. The number of carbonyl (C=O) groups is 1. The highest BCUT2D eigenvalue weighted by Crippen LogP contribution is 2.14. The van der Waals surface area contributed by atoms with E-state index in [0.717, 1.165) is 25.9 Å². The Bertz CT molecular complexity index is 444. The Morgan fingerprint density at radius 3 is 2.59 bits per heavy atom. The first-order chi connectivity index (χ1) is 8.18. The van der Waals surface area contributed by atoms with Gasteiger partial charge >= 0.3 is 0 Å². The summed E-state index contributed by atoms with van der Waals surface area (Å²) in [6.45, 7) is 1.46. The molecule has 1 aliphatic heterocycles. The van der Waals surface area contributed by atoms with E-state index in [4.69, 9.17) is 0 Å². The summed E-state index contributed by atoms with van der Waals surface area (Å²) in [6.07, 6.45) is 2.00. The molecule has 1 atom stereocenters. The predicted octanol–water partition coefficient (Wildman–Crippen LogP) is 1.56. The SMILES string of the molecule is O=C(CS(=O)c1ccccc1F)N1CCCC1. The molecule has 1 aliphatic rings. The van der Waals surface area contributed by atoms with E-state index in [1.54, 1.807) is 17.0 Å². The van der Waals surface area contributed by atoms with Crippen LogP contribution in [-0.2, 0) is 15.6 Å². The summed E-state index contributed by atoms with van der Waals surface area (Å²) in [7, 11) is -1.59. The molecule has 1 fully saturated rings. The zero-order valence-electron chi connectivity index (χ0n) is 9.39. The predicted molar refractivity (Wildman–Crippen MR) is 63.5 cm³/mol. The average Bonchev–Trinajstić information content (AvgIpc) is 2.82. The molecule has 1 heterocycles. The number of halogens is 1. The summed E-state index contributed by atoms with van der Waals surface area (Å²) in [5.41, 5.74) is 0. The molecule has 2 rings (SSSR count). The van der Waals surface area contributed by atoms with Gasteiger partial charge in [0, 0.05) is 13.1 Å². The molecule has 5 heteroatoms. The number of nitrogens with zero attached hydrogens (tertiary/aromatic N) is 1. The van der Waals surface area contributed by atoms with Crippen LogP contribution in [0, 0.1) is 5.82 Å². The normalized spacial score (nSPS) is 17.1. The quantitative estimate of drug-likeness (QED) is 0.822. The monoisotopic (exact) mass is 255 g/mol. The van der Waals surface area contributed by atoms with E-state index in [0.29, 0.717) is 0 Å². The third-order valence-corrected chi connectivity index (χ3v) is 4.13. The highest BCUT2D eigenvalue weighted by Gasteiger charge is 2.21. The number of likely N-dealkylation sites (tertiary alicyclic amines) is 1. The van der Waals surface area contributed by atoms with Gasteiger partial charge < -0.3 is 4.90 Å². The molecule has 1 amide bonds. The molecule has 0 N–H and O–H groups in total. The van der Waals surface area contributed by atoms with Crippen LogP contribution in [0.3, 0.4) is 0 Å². The van der Waals surface area contributed by atoms with Crippen molar-refractivity contribution in [3.05, 3.63) is 30.1 Å². The van der Waals surface area contributed by atoms with Crippen LogP contribution in [-0.4, -0.2) is 33.9 Å². The van der Waals surface area contributed by atoms with Gasteiger partial charge in [-0.05, 0) is 25.0 Å². The first-order valence-corrected chi connectivity index (χ1v) is 6.91. The van der Waals surface area contributed by atoms with Crippen molar-refractivity contribution < 1.29 is 13.4 Å². The molecule has 0 saturated carbocycles. The van der Waals surface area contributed by atoms with Crippen molar-refractivity contribution in [3.8, 4) is 0 Å². The zero-order chi connectivity index (χ0) is 12.3. The summed E-state index contributed by atoms with van der Waals surface area (Å²) >= 11 is 0. The summed E-state index contributed by atoms with van der Waals surface area (Å²) < 4.78 is 25.2. The summed E-state index contributed by atoms with van der Waals surface area (Å²) in [6, 6.07) is 5.88. The smallest absolute Gasteiger partial charge is 0.235 e. The summed E-state index contributed by atoms with van der Waals surface area (Å²) in [5.74, 6) is -0.787. The Labute approximate surface area is 102 Å². The maximum Gasteiger partial charge on any atom is 0.235 e. The van der Waals surface area contributed by atoms with Gasteiger partial charge in [0.25, 0.3) is 0 Å². The van der Waals surface area contributed by atoms with Gasteiger partial charge in [0.05, 0.1) is 15.7 Å². The Balaban J connectivity index is 2.02. The van der Waals surface area contributed by atoms with Gasteiger partial charge in [-0.15, -0.1) is 0 Å². The molecule has 0 aromatic heterocycles. The topological polar surface area (TPSA) is 37.4 Å². The van der Waals surface area contributed by atoms with E-state index in [2.05, 4.69) is 0 Å². The lowest BCUT2D eigenvalue weighted by molar-refractivity contribution is -0.127. The maximum atomic E-state index is 13.3. The van der Waals surface area contributed by atoms with Crippen molar-refractivity contribution >= 4 is 16.7 Å². The van der Waals surface area contributed by atoms with Crippen molar-refractivity contribution in [1.82, 2.24) is 4.90 Å². The first-order valence-electron chi connectivity index (χ1n) is 5.59. The Kier molecular flexibility index (Phi) is 3.89. The van der Waals surface area contributed by atoms with E-state index in [9.17, 15) is 13.4 Å². The molecule has 0 bridgehead atoms. The second-order valence-corrected chi connectivity index (χ2v) is 5.43. The molecule has 1 saturated heterocycles. The van der Waals surface area contributed by atoms with Gasteiger partial charge in [0.15, 0.2) is 0 Å². The van der Waals surface area contributed by atoms with Crippen LogP contribution >= 0.6 is 0 Å². The van der Waals surface area contributed by atoms with Crippen molar-refractivity contribution in [2.24, 2.45) is 0 Å². The van der Waals surface area contributed by atoms with E-state index >= 15 is 0 Å². The van der Waals surface area contributed by atoms with Crippen molar-refractivity contribution in [2.75, 3.05) is 18.8 Å². The molecule has 0 spiro atoms. The molecule has 0 aliphatic carbocycles. The van der Waals surface area contributed by atoms with Crippen LogP contribution in [0.25, 0.3) is 0 Å². The fourth-order valence-electron chi connectivity index (χ4n) is 1.88. The van der Waals surface area contributed by atoms with E-state index < -0.39 is 16.6 Å². The van der Waals surface area contributed by atoms with E-state index in [1.807, 2.05) is 0 Å². The molecule has 17 heavy (non-hydrogen) atoms. The van der Waals surface area contributed by atoms with Gasteiger partial charge in [-0.25, -0.2) is 4.39 Å². The number of carbonyl (C=O) groups excluding carboxylic acids is 1. The minimum atomic E-state index is -1.59. The summed E-state index contributed by atoms with van der Waals surface area (Å²) in [4.78, 5) is 13.6. The van der Waals surface area contributed by atoms with Crippen LogP contribution in [0.2, 0.25) is 0 Å². The number of hydrogen-bond donors (Lipinski definition) is 0. The lowest BCUT2D eigenvalue weighted by Crippen LogP contribution is -2.31. The zero-order valence-corrected chi connectivity index (χ0v) is 10.2. The summed E-state index contributed by atoms with van der Waals surface area (Å²) in [5, 5.41) is 0. The molecule has 1 unspecified atom stereocenters. The Morgan fingerprint density at radius 2 is 1.94 bits per heavy atom. The van der Waals surface area contributed by atoms with Crippen molar-refractivity contribution in [3.63, 3.8) is 0 Å². The van der Waals surface area contributed by atoms with Crippen molar-refractivity contribution in [2.45, 2.75) is 17.7 Å². The fourth-order valence-corrected chi connectivity index (χ4v) is 2.96. The fraction of sp³-hybridized carbons (Fsp3) is 0.417. The largest absolute Gasteiger partial charge is 0.342 e. The Morgan fingerprint density at radius 1 is 1.29 bits per heavy atom. The molecule has 1 aromatic carbocycles. The van der Waals surface area contributed by atoms with Crippen molar-refractivity contribution in [1.29, 1.82) is 0 Å². The van der Waals surface area contributed by atoms with Crippen LogP contribution in [0.1, 0.15) is 12.8 Å². The van der Waals surface area contributed by atoms with Gasteiger partial charge in [-0.3, -0.25) is 9.00 Å². The lowest BCUT2D eigenvalue weighted by atomic mass is 10.3. The molecular formula is C12H14FNO2S. The second kappa shape index (κ2) is 5.40. The first kappa shape index (κ1) is 12.2. The minimum absolute atomic E-state index is 0.111. The Hall–Kier alpha value is -1.23. The van der Waals surface area contributed by atoms with Crippen LogP contribution in [0.5, 0.6) is 0 Å². The molecule has 0 radical (unpaired) electrons.